The Hall–Kier alpha value is -0.380. The van der Waals surface area contributed by atoms with Crippen LogP contribution >= 0.6 is 11.3 Å². The lowest BCUT2D eigenvalue weighted by Crippen LogP contribution is -2.44. The van der Waals surface area contributed by atoms with Crippen LogP contribution in [-0.2, 0) is 6.42 Å². The predicted molar refractivity (Wildman–Crippen MR) is 55.1 cm³/mol. The molecule has 2 rings (SSSR count). The van der Waals surface area contributed by atoms with Gasteiger partial charge in [0.05, 0.1) is 6.10 Å². The number of rotatable bonds is 4. The number of aliphatic hydroxyl groups excluding tert-OH is 1. The molecular weight excluding hydrogens is 182 g/mol. The Morgan fingerprint density at radius 2 is 2.38 bits per heavy atom. The van der Waals surface area contributed by atoms with Gasteiger partial charge in [0.15, 0.2) is 0 Å². The molecule has 0 amide bonds. The number of aliphatic hydroxyl groups is 1. The maximum atomic E-state index is 9.06. The highest BCUT2D eigenvalue weighted by molar-refractivity contribution is 7.09. The maximum Gasteiger partial charge on any atom is 0.0570 e. The first-order chi connectivity index (χ1) is 6.34. The molecule has 2 N–H and O–H groups in total. The van der Waals surface area contributed by atoms with Crippen LogP contribution in [0.15, 0.2) is 17.5 Å². The van der Waals surface area contributed by atoms with Gasteiger partial charge in [0, 0.05) is 17.5 Å². The fraction of sp³-hybridized carbons (Fsp3) is 0.600. The Kier molecular flexibility index (Phi) is 2.98. The molecule has 13 heavy (non-hydrogen) atoms. The summed E-state index contributed by atoms with van der Waals surface area (Å²) in [7, 11) is 0. The Bertz CT molecular complexity index is 241. The summed E-state index contributed by atoms with van der Waals surface area (Å²) in [5.41, 5.74) is 0. The minimum atomic E-state index is -0.0424. The van der Waals surface area contributed by atoms with Crippen molar-refractivity contribution in [2.75, 3.05) is 6.54 Å². The summed E-state index contributed by atoms with van der Waals surface area (Å²) in [5.74, 6) is 0. The van der Waals surface area contributed by atoms with E-state index in [0.29, 0.717) is 6.04 Å². The molecule has 1 aromatic heterocycles. The fourth-order valence-electron chi connectivity index (χ4n) is 1.61. The predicted octanol–water partition coefficient (Wildman–Crippen LogP) is 1.40. The molecule has 0 unspecified atom stereocenters. The highest BCUT2D eigenvalue weighted by atomic mass is 32.1. The molecule has 2 nitrogen and oxygen atoms in total. The summed E-state index contributed by atoms with van der Waals surface area (Å²) in [4.78, 5) is 1.44. The normalized spacial score (nSPS) is 27.2. The van der Waals surface area contributed by atoms with Crippen LogP contribution in [0.5, 0.6) is 0 Å². The molecule has 0 spiro atoms. The van der Waals surface area contributed by atoms with E-state index in [1.807, 2.05) is 11.3 Å². The number of hydrogen-bond donors (Lipinski definition) is 2. The number of hydrogen-bond acceptors (Lipinski definition) is 3. The van der Waals surface area contributed by atoms with Crippen molar-refractivity contribution >= 4 is 11.3 Å². The van der Waals surface area contributed by atoms with Gasteiger partial charge >= 0.3 is 0 Å². The quantitative estimate of drug-likeness (QED) is 0.765. The van der Waals surface area contributed by atoms with Crippen LogP contribution in [-0.4, -0.2) is 23.8 Å². The van der Waals surface area contributed by atoms with E-state index in [4.69, 9.17) is 5.11 Å². The van der Waals surface area contributed by atoms with Crippen molar-refractivity contribution in [3.63, 3.8) is 0 Å². The first-order valence-electron chi connectivity index (χ1n) is 4.78. The van der Waals surface area contributed by atoms with Crippen LogP contribution in [0.1, 0.15) is 17.7 Å². The van der Waals surface area contributed by atoms with Gasteiger partial charge in [0.2, 0.25) is 0 Å². The maximum absolute atomic E-state index is 9.06. The molecule has 1 fully saturated rings. The van der Waals surface area contributed by atoms with Gasteiger partial charge in [-0.1, -0.05) is 6.07 Å². The van der Waals surface area contributed by atoms with E-state index in [1.165, 1.54) is 4.88 Å². The van der Waals surface area contributed by atoms with Gasteiger partial charge in [0.25, 0.3) is 0 Å². The second-order valence-corrected chi connectivity index (χ2v) is 4.64. The lowest BCUT2D eigenvalue weighted by molar-refractivity contribution is 0.0629. The molecular formula is C10H15NOS. The van der Waals surface area contributed by atoms with Crippen LogP contribution in [0.3, 0.4) is 0 Å². The van der Waals surface area contributed by atoms with E-state index < -0.39 is 0 Å². The van der Waals surface area contributed by atoms with E-state index in [9.17, 15) is 0 Å². The molecule has 0 saturated heterocycles. The van der Waals surface area contributed by atoms with Crippen molar-refractivity contribution in [2.45, 2.75) is 31.4 Å². The standard InChI is InChI=1S/C10H15NOS/c12-9-6-8(7-9)11-4-3-10-2-1-5-13-10/h1-2,5,8-9,11-12H,3-4,6-7H2. The van der Waals surface area contributed by atoms with Crippen LogP contribution < -0.4 is 5.32 Å². The second kappa shape index (κ2) is 4.22. The molecule has 0 aliphatic heterocycles. The van der Waals surface area contributed by atoms with Crippen LogP contribution in [0.2, 0.25) is 0 Å². The average molecular weight is 197 g/mol. The molecule has 1 heterocycles. The van der Waals surface area contributed by atoms with E-state index in [-0.39, 0.29) is 6.10 Å². The summed E-state index contributed by atoms with van der Waals surface area (Å²) in [6.45, 7) is 1.04. The van der Waals surface area contributed by atoms with Crippen LogP contribution in [0.25, 0.3) is 0 Å². The molecule has 0 aromatic carbocycles. The summed E-state index contributed by atoms with van der Waals surface area (Å²) < 4.78 is 0. The zero-order valence-electron chi connectivity index (χ0n) is 7.57. The smallest absolute Gasteiger partial charge is 0.0570 e. The van der Waals surface area contributed by atoms with Crippen molar-refractivity contribution in [1.29, 1.82) is 0 Å². The Morgan fingerprint density at radius 3 is 3.00 bits per heavy atom. The minimum absolute atomic E-state index is 0.0424. The van der Waals surface area contributed by atoms with Crippen molar-refractivity contribution in [3.05, 3.63) is 22.4 Å². The van der Waals surface area contributed by atoms with Gasteiger partial charge in [-0.25, -0.2) is 0 Å². The average Bonchev–Trinajstić information content (AvgIpc) is 2.53. The van der Waals surface area contributed by atoms with Gasteiger partial charge in [0.1, 0.15) is 0 Å². The molecule has 0 bridgehead atoms. The largest absolute Gasteiger partial charge is 0.393 e. The summed E-state index contributed by atoms with van der Waals surface area (Å²) in [5, 5.41) is 14.6. The van der Waals surface area contributed by atoms with Gasteiger partial charge in [-0.15, -0.1) is 11.3 Å². The van der Waals surface area contributed by atoms with Gasteiger partial charge in [-0.2, -0.15) is 0 Å². The molecule has 3 heteroatoms. The fourth-order valence-corrected chi connectivity index (χ4v) is 2.32. The molecule has 1 aliphatic rings. The SMILES string of the molecule is OC1CC(NCCc2cccs2)C1. The van der Waals surface area contributed by atoms with E-state index >= 15 is 0 Å². The summed E-state index contributed by atoms with van der Waals surface area (Å²) in [6.07, 6.45) is 2.94. The Morgan fingerprint density at radius 1 is 1.54 bits per heavy atom. The first kappa shape index (κ1) is 9.19. The van der Waals surface area contributed by atoms with Crippen molar-refractivity contribution in [3.8, 4) is 0 Å². The monoisotopic (exact) mass is 197 g/mol. The molecule has 1 saturated carbocycles. The van der Waals surface area contributed by atoms with E-state index in [1.54, 1.807) is 0 Å². The number of nitrogens with one attached hydrogen (secondary N) is 1. The molecule has 0 atom stereocenters. The third-order valence-corrected chi connectivity index (χ3v) is 3.43. The zero-order valence-corrected chi connectivity index (χ0v) is 8.39. The molecule has 72 valence electrons. The third kappa shape index (κ3) is 2.53. The lowest BCUT2D eigenvalue weighted by atomic mass is 9.89. The van der Waals surface area contributed by atoms with Gasteiger partial charge in [-0.3, -0.25) is 0 Å². The van der Waals surface area contributed by atoms with E-state index in [2.05, 4.69) is 22.8 Å². The highest BCUT2D eigenvalue weighted by Gasteiger charge is 2.25. The topological polar surface area (TPSA) is 32.3 Å². The minimum Gasteiger partial charge on any atom is -0.393 e. The number of thiophene rings is 1. The van der Waals surface area contributed by atoms with Crippen molar-refractivity contribution in [2.24, 2.45) is 0 Å². The second-order valence-electron chi connectivity index (χ2n) is 3.61. The molecule has 1 aromatic rings. The van der Waals surface area contributed by atoms with E-state index in [0.717, 1.165) is 25.8 Å². The Labute approximate surface area is 82.6 Å². The zero-order chi connectivity index (χ0) is 9.10. The molecule has 1 aliphatic carbocycles. The lowest BCUT2D eigenvalue weighted by Gasteiger charge is -2.32. The van der Waals surface area contributed by atoms with Gasteiger partial charge < -0.3 is 10.4 Å². The van der Waals surface area contributed by atoms with Crippen molar-refractivity contribution < 1.29 is 5.11 Å². The van der Waals surface area contributed by atoms with Crippen LogP contribution in [0.4, 0.5) is 0 Å². The van der Waals surface area contributed by atoms with Gasteiger partial charge in [-0.05, 0) is 30.7 Å². The summed E-state index contributed by atoms with van der Waals surface area (Å²) in [6, 6.07) is 4.82. The van der Waals surface area contributed by atoms with Crippen LogP contribution in [0, 0.1) is 0 Å². The van der Waals surface area contributed by atoms with Crippen molar-refractivity contribution in [1.82, 2.24) is 5.32 Å². The third-order valence-electron chi connectivity index (χ3n) is 2.50. The highest BCUT2D eigenvalue weighted by Crippen LogP contribution is 2.19. The summed E-state index contributed by atoms with van der Waals surface area (Å²) >= 11 is 1.81. The first-order valence-corrected chi connectivity index (χ1v) is 5.66. The molecule has 0 radical (unpaired) electrons. The Balaban J connectivity index is 1.59.